The molecule has 0 spiro atoms. The second kappa shape index (κ2) is 4.15. The number of rotatable bonds is 4. The van der Waals surface area contributed by atoms with Gasteiger partial charge < -0.3 is 4.74 Å². The third-order valence-electron chi connectivity index (χ3n) is 1.68. The van der Waals surface area contributed by atoms with E-state index >= 15 is 0 Å². The van der Waals surface area contributed by atoms with Gasteiger partial charge in [-0.2, -0.15) is 0 Å². The number of ketones is 1. The summed E-state index contributed by atoms with van der Waals surface area (Å²) in [6.07, 6.45) is 5.91. The molecule has 11 heavy (non-hydrogen) atoms. The second-order valence-corrected chi connectivity index (χ2v) is 2.84. The Hall–Kier alpha value is -0.810. The van der Waals surface area contributed by atoms with Gasteiger partial charge in [-0.25, -0.2) is 0 Å². The van der Waals surface area contributed by atoms with E-state index in [0.29, 0.717) is 12.8 Å². The fraction of sp³-hybridized carbons (Fsp3) is 0.667. The normalized spacial score (nSPS) is 10.7. The molecule has 0 N–H and O–H groups in total. The first-order valence-electron chi connectivity index (χ1n) is 3.56. The van der Waals surface area contributed by atoms with Crippen molar-refractivity contribution >= 4 is 5.78 Å². The molecule has 0 saturated carbocycles. The van der Waals surface area contributed by atoms with E-state index in [9.17, 15) is 4.79 Å². The maximum absolute atomic E-state index is 11.2. The van der Waals surface area contributed by atoms with Crippen molar-refractivity contribution in [2.75, 3.05) is 7.11 Å². The number of terminal acetylenes is 1. The lowest BCUT2D eigenvalue weighted by Crippen LogP contribution is -2.33. The van der Waals surface area contributed by atoms with E-state index < -0.39 is 5.60 Å². The van der Waals surface area contributed by atoms with Crippen LogP contribution in [0.5, 0.6) is 0 Å². The zero-order valence-corrected chi connectivity index (χ0v) is 7.31. The first kappa shape index (κ1) is 10.2. The van der Waals surface area contributed by atoms with Gasteiger partial charge in [0.15, 0.2) is 5.78 Å². The molecule has 0 amide bonds. The molecule has 62 valence electrons. The van der Waals surface area contributed by atoms with Crippen LogP contribution >= 0.6 is 0 Å². The van der Waals surface area contributed by atoms with Crippen LogP contribution in [0.4, 0.5) is 0 Å². The number of methoxy groups -OCH3 is 1. The Labute approximate surface area is 67.9 Å². The fourth-order valence-electron chi connectivity index (χ4n) is 0.601. The number of ether oxygens (including phenoxy) is 1. The first-order chi connectivity index (χ1) is 5.04. The van der Waals surface area contributed by atoms with Crippen molar-refractivity contribution in [1.82, 2.24) is 0 Å². The van der Waals surface area contributed by atoms with Crippen molar-refractivity contribution in [3.8, 4) is 12.3 Å². The molecule has 2 heteroatoms. The molecular weight excluding hydrogens is 140 g/mol. The summed E-state index contributed by atoms with van der Waals surface area (Å²) in [7, 11) is 1.52. The maximum atomic E-state index is 11.2. The van der Waals surface area contributed by atoms with Crippen LogP contribution in [0.25, 0.3) is 0 Å². The molecule has 0 unspecified atom stereocenters. The van der Waals surface area contributed by atoms with Crippen LogP contribution in [0, 0.1) is 12.3 Å². The Kier molecular flexibility index (Phi) is 3.84. The van der Waals surface area contributed by atoms with Gasteiger partial charge in [0.25, 0.3) is 0 Å². The van der Waals surface area contributed by atoms with Crippen molar-refractivity contribution in [2.24, 2.45) is 0 Å². The fourth-order valence-corrected chi connectivity index (χ4v) is 0.601. The van der Waals surface area contributed by atoms with Crippen LogP contribution in [0.2, 0.25) is 0 Å². The molecule has 0 aromatic rings. The molecular formula is C9H14O2. The maximum Gasteiger partial charge on any atom is 0.164 e. The smallest absolute Gasteiger partial charge is 0.164 e. The van der Waals surface area contributed by atoms with Gasteiger partial charge in [0.2, 0.25) is 0 Å². The molecule has 0 aromatic heterocycles. The lowest BCUT2D eigenvalue weighted by atomic mass is 10.00. The molecule has 0 heterocycles. The summed E-state index contributed by atoms with van der Waals surface area (Å²) in [4.78, 5) is 11.2. The Morgan fingerprint density at radius 1 is 1.64 bits per heavy atom. The van der Waals surface area contributed by atoms with Crippen molar-refractivity contribution in [3.05, 3.63) is 0 Å². The standard InChI is InChI=1S/C9H14O2/c1-5-6-7-8(10)9(2,3)11-4/h1H,6-7H2,2-4H3. The molecule has 0 radical (unpaired) electrons. The third kappa shape index (κ3) is 3.20. The Bertz CT molecular complexity index is 174. The quantitative estimate of drug-likeness (QED) is 0.572. The lowest BCUT2D eigenvalue weighted by Gasteiger charge is -2.20. The van der Waals surface area contributed by atoms with E-state index in [1.807, 2.05) is 0 Å². The van der Waals surface area contributed by atoms with Crippen LogP contribution in [0.3, 0.4) is 0 Å². The van der Waals surface area contributed by atoms with Gasteiger partial charge in [0.1, 0.15) is 5.60 Å². The Morgan fingerprint density at radius 3 is 2.55 bits per heavy atom. The molecule has 0 bridgehead atoms. The molecule has 0 atom stereocenters. The minimum atomic E-state index is -0.684. The zero-order chi connectivity index (χ0) is 8.91. The summed E-state index contributed by atoms with van der Waals surface area (Å²) in [6.45, 7) is 3.48. The summed E-state index contributed by atoms with van der Waals surface area (Å²) in [5.74, 6) is 2.47. The Balaban J connectivity index is 3.94. The van der Waals surface area contributed by atoms with Crippen molar-refractivity contribution in [1.29, 1.82) is 0 Å². The van der Waals surface area contributed by atoms with Gasteiger partial charge in [-0.05, 0) is 13.8 Å². The van der Waals surface area contributed by atoms with E-state index in [-0.39, 0.29) is 5.78 Å². The highest BCUT2D eigenvalue weighted by atomic mass is 16.5. The van der Waals surface area contributed by atoms with Crippen LogP contribution in [-0.2, 0) is 9.53 Å². The molecule has 0 saturated heterocycles. The molecule has 0 aliphatic heterocycles. The average molecular weight is 154 g/mol. The van der Waals surface area contributed by atoms with Crippen molar-refractivity contribution < 1.29 is 9.53 Å². The monoisotopic (exact) mass is 154 g/mol. The van der Waals surface area contributed by atoms with Gasteiger partial charge >= 0.3 is 0 Å². The molecule has 0 aliphatic carbocycles. The topological polar surface area (TPSA) is 26.3 Å². The van der Waals surface area contributed by atoms with Crippen LogP contribution < -0.4 is 0 Å². The van der Waals surface area contributed by atoms with Crippen molar-refractivity contribution in [2.45, 2.75) is 32.3 Å². The highest BCUT2D eigenvalue weighted by Crippen LogP contribution is 2.11. The summed E-state index contributed by atoms with van der Waals surface area (Å²) >= 11 is 0. The van der Waals surface area contributed by atoms with Gasteiger partial charge in [-0.3, -0.25) is 4.79 Å². The summed E-state index contributed by atoms with van der Waals surface area (Å²) < 4.78 is 4.98. The van der Waals surface area contributed by atoms with Crippen molar-refractivity contribution in [3.63, 3.8) is 0 Å². The number of hydrogen-bond donors (Lipinski definition) is 0. The molecule has 0 fully saturated rings. The summed E-state index contributed by atoms with van der Waals surface area (Å²) in [5, 5.41) is 0. The van der Waals surface area contributed by atoms with Crippen LogP contribution in [0.15, 0.2) is 0 Å². The Morgan fingerprint density at radius 2 is 2.18 bits per heavy atom. The predicted octanol–water partition coefficient (Wildman–Crippen LogP) is 1.39. The largest absolute Gasteiger partial charge is 0.371 e. The molecule has 0 rings (SSSR count). The third-order valence-corrected chi connectivity index (χ3v) is 1.68. The van der Waals surface area contributed by atoms with Crippen LogP contribution in [0.1, 0.15) is 26.7 Å². The number of carbonyl (C=O) groups is 1. The molecule has 0 aliphatic rings. The predicted molar refractivity (Wildman–Crippen MR) is 44.2 cm³/mol. The van der Waals surface area contributed by atoms with Crippen LogP contribution in [-0.4, -0.2) is 18.5 Å². The summed E-state index contributed by atoms with van der Waals surface area (Å²) in [6, 6.07) is 0. The van der Waals surface area contributed by atoms with E-state index in [1.165, 1.54) is 7.11 Å². The van der Waals surface area contributed by atoms with Gasteiger partial charge in [0, 0.05) is 20.0 Å². The number of Topliss-reactive ketones (excluding diaryl/α,β-unsaturated/α-hetero) is 1. The minimum absolute atomic E-state index is 0.0537. The summed E-state index contributed by atoms with van der Waals surface area (Å²) in [5.41, 5.74) is -0.684. The number of carbonyl (C=O) groups excluding carboxylic acids is 1. The highest BCUT2D eigenvalue weighted by Gasteiger charge is 2.25. The first-order valence-corrected chi connectivity index (χ1v) is 3.56. The SMILES string of the molecule is C#CCCC(=O)C(C)(C)OC. The van der Waals surface area contributed by atoms with Gasteiger partial charge in [0.05, 0.1) is 0 Å². The molecule has 2 nitrogen and oxygen atoms in total. The second-order valence-electron chi connectivity index (χ2n) is 2.84. The van der Waals surface area contributed by atoms with E-state index in [2.05, 4.69) is 5.92 Å². The van der Waals surface area contributed by atoms with E-state index in [4.69, 9.17) is 11.2 Å². The lowest BCUT2D eigenvalue weighted by molar-refractivity contribution is -0.137. The van der Waals surface area contributed by atoms with E-state index in [1.54, 1.807) is 13.8 Å². The minimum Gasteiger partial charge on any atom is -0.371 e. The average Bonchev–Trinajstić information content (AvgIpc) is 2.00. The van der Waals surface area contributed by atoms with E-state index in [0.717, 1.165) is 0 Å². The van der Waals surface area contributed by atoms with Gasteiger partial charge in [-0.15, -0.1) is 12.3 Å². The molecule has 0 aromatic carbocycles. The highest BCUT2D eigenvalue weighted by molar-refractivity contribution is 5.86. The number of hydrogen-bond acceptors (Lipinski definition) is 2. The zero-order valence-electron chi connectivity index (χ0n) is 7.31. The van der Waals surface area contributed by atoms with Gasteiger partial charge in [-0.1, -0.05) is 0 Å².